The van der Waals surface area contributed by atoms with Crippen LogP contribution in [-0.2, 0) is 11.2 Å². The van der Waals surface area contributed by atoms with Gasteiger partial charge in [-0.05, 0) is 96.3 Å². The summed E-state index contributed by atoms with van der Waals surface area (Å²) in [6.45, 7) is 1.89. The Morgan fingerprint density at radius 3 is 2.36 bits per heavy atom. The van der Waals surface area contributed by atoms with Crippen LogP contribution in [0.15, 0.2) is 97.1 Å². The number of hydrogen-bond donors (Lipinski definition) is 5. The van der Waals surface area contributed by atoms with E-state index in [4.69, 9.17) is 5.73 Å². The first kappa shape index (κ1) is 29.1. The van der Waals surface area contributed by atoms with Crippen LogP contribution < -0.4 is 16.4 Å². The van der Waals surface area contributed by atoms with Gasteiger partial charge in [0, 0.05) is 39.6 Å². The molecule has 0 aliphatic carbocycles. The number of nitrogens with one attached hydrogen (secondary N) is 3. The van der Waals surface area contributed by atoms with E-state index < -0.39 is 11.7 Å². The Morgan fingerprint density at radius 2 is 1.62 bits per heavy atom. The van der Waals surface area contributed by atoms with Crippen LogP contribution in [0.4, 0.5) is 15.8 Å². The largest absolute Gasteiger partial charge is 0.508 e. The SMILES string of the molecule is Cc1c(NC(=O)c2ccc(F)cc2)cccc1-c1ccc(C(N)=O)c2[nH]c3cc(NC(=O)CCc4ccc(O)cc4)ccc3c12. The molecule has 0 aliphatic rings. The maximum atomic E-state index is 13.4. The molecule has 0 spiro atoms. The lowest BCUT2D eigenvalue weighted by atomic mass is 9.93. The summed E-state index contributed by atoms with van der Waals surface area (Å²) in [7, 11) is 0. The molecule has 224 valence electrons. The van der Waals surface area contributed by atoms with Gasteiger partial charge in [0.25, 0.3) is 11.8 Å². The molecular formula is C36H29FN4O4. The second kappa shape index (κ2) is 12.0. The average molecular weight is 601 g/mol. The quantitative estimate of drug-likeness (QED) is 0.128. The lowest BCUT2D eigenvalue weighted by Gasteiger charge is -2.15. The highest BCUT2D eigenvalue weighted by molar-refractivity contribution is 6.20. The number of carbonyl (C=O) groups excluding carboxylic acids is 3. The third-order valence-corrected chi connectivity index (χ3v) is 7.86. The van der Waals surface area contributed by atoms with Gasteiger partial charge in [-0.1, -0.05) is 36.4 Å². The molecule has 0 atom stereocenters. The van der Waals surface area contributed by atoms with Crippen molar-refractivity contribution in [3.8, 4) is 16.9 Å². The molecule has 5 aromatic carbocycles. The predicted octanol–water partition coefficient (Wildman–Crippen LogP) is 7.06. The number of phenols is 1. The van der Waals surface area contributed by atoms with Gasteiger partial charge in [-0.15, -0.1) is 0 Å². The van der Waals surface area contributed by atoms with Crippen LogP contribution in [0.2, 0.25) is 0 Å². The third kappa shape index (κ3) is 5.96. The Kier molecular flexibility index (Phi) is 7.75. The van der Waals surface area contributed by atoms with E-state index in [1.165, 1.54) is 24.3 Å². The van der Waals surface area contributed by atoms with Gasteiger partial charge >= 0.3 is 0 Å². The van der Waals surface area contributed by atoms with Crippen molar-refractivity contribution >= 4 is 50.9 Å². The number of primary amides is 1. The highest BCUT2D eigenvalue weighted by Gasteiger charge is 2.19. The van der Waals surface area contributed by atoms with E-state index in [1.54, 1.807) is 42.5 Å². The number of halogens is 1. The minimum atomic E-state index is -0.585. The number of anilines is 2. The molecule has 1 aromatic heterocycles. The van der Waals surface area contributed by atoms with Gasteiger partial charge < -0.3 is 26.5 Å². The molecule has 0 unspecified atom stereocenters. The zero-order valence-corrected chi connectivity index (χ0v) is 24.3. The summed E-state index contributed by atoms with van der Waals surface area (Å²) < 4.78 is 13.4. The molecule has 6 aromatic rings. The number of benzene rings is 5. The van der Waals surface area contributed by atoms with Crippen molar-refractivity contribution in [2.45, 2.75) is 19.8 Å². The maximum Gasteiger partial charge on any atom is 0.255 e. The van der Waals surface area contributed by atoms with Crippen LogP contribution in [0.1, 0.15) is 38.3 Å². The number of aromatic hydroxyl groups is 1. The van der Waals surface area contributed by atoms with Gasteiger partial charge in [0.2, 0.25) is 5.91 Å². The standard InChI is InChI=1S/C36H29FN4O4/c1-20-26(3-2-4-30(20)41-36(45)22-8-10-23(37)11-9-22)27-16-17-29(35(38)44)34-33(27)28-15-12-24(19-31(28)40-34)39-32(43)18-7-21-5-13-25(42)14-6-21/h2-6,8-17,19,40,42H,7,18H2,1H3,(H2,38,44)(H,39,43)(H,41,45). The molecule has 0 fully saturated rings. The highest BCUT2D eigenvalue weighted by Crippen LogP contribution is 2.39. The van der Waals surface area contributed by atoms with Crippen molar-refractivity contribution in [2.75, 3.05) is 10.6 Å². The zero-order chi connectivity index (χ0) is 31.7. The fourth-order valence-corrected chi connectivity index (χ4v) is 5.52. The molecule has 6 rings (SSSR count). The summed E-state index contributed by atoms with van der Waals surface area (Å²) in [4.78, 5) is 41.4. The minimum Gasteiger partial charge on any atom is -0.508 e. The number of aromatic nitrogens is 1. The summed E-state index contributed by atoms with van der Waals surface area (Å²) in [6, 6.07) is 26.6. The molecule has 1 heterocycles. The van der Waals surface area contributed by atoms with E-state index in [0.717, 1.165) is 33.0 Å². The molecule has 8 nitrogen and oxygen atoms in total. The van der Waals surface area contributed by atoms with Gasteiger partial charge in [-0.25, -0.2) is 4.39 Å². The highest BCUT2D eigenvalue weighted by atomic mass is 19.1. The number of amides is 3. The number of carbonyl (C=O) groups is 3. The van der Waals surface area contributed by atoms with Crippen molar-refractivity contribution < 1.29 is 23.9 Å². The summed E-state index contributed by atoms with van der Waals surface area (Å²) in [5.74, 6) is -1.36. The number of fused-ring (bicyclic) bond motifs is 3. The van der Waals surface area contributed by atoms with E-state index in [2.05, 4.69) is 15.6 Å². The predicted molar refractivity (Wildman–Crippen MR) is 174 cm³/mol. The molecule has 0 bridgehead atoms. The Balaban J connectivity index is 1.33. The monoisotopic (exact) mass is 600 g/mol. The first-order chi connectivity index (χ1) is 21.7. The zero-order valence-electron chi connectivity index (χ0n) is 24.3. The van der Waals surface area contributed by atoms with E-state index in [0.29, 0.717) is 40.0 Å². The molecule has 0 radical (unpaired) electrons. The average Bonchev–Trinajstić information content (AvgIpc) is 3.40. The van der Waals surface area contributed by atoms with Crippen molar-refractivity contribution in [1.82, 2.24) is 4.98 Å². The van der Waals surface area contributed by atoms with E-state index in [9.17, 15) is 23.9 Å². The normalized spacial score (nSPS) is 11.1. The number of H-pyrrole nitrogens is 1. The van der Waals surface area contributed by atoms with Crippen LogP contribution >= 0.6 is 0 Å². The van der Waals surface area contributed by atoms with E-state index in [1.807, 2.05) is 37.3 Å². The summed E-state index contributed by atoms with van der Waals surface area (Å²) in [5, 5.41) is 16.9. The second-order valence-corrected chi connectivity index (χ2v) is 10.8. The van der Waals surface area contributed by atoms with Gasteiger partial charge in [-0.2, -0.15) is 0 Å². The topological polar surface area (TPSA) is 137 Å². The molecular weight excluding hydrogens is 571 g/mol. The van der Waals surface area contributed by atoms with Crippen LogP contribution in [-0.4, -0.2) is 27.8 Å². The summed E-state index contributed by atoms with van der Waals surface area (Å²) >= 11 is 0. The Hall–Kier alpha value is -5.96. The Bertz CT molecular complexity index is 2100. The van der Waals surface area contributed by atoms with E-state index >= 15 is 0 Å². The molecule has 3 amide bonds. The molecule has 6 N–H and O–H groups in total. The third-order valence-electron chi connectivity index (χ3n) is 7.86. The van der Waals surface area contributed by atoms with Crippen molar-refractivity contribution in [2.24, 2.45) is 5.73 Å². The Morgan fingerprint density at radius 1 is 0.867 bits per heavy atom. The number of nitrogens with two attached hydrogens (primary N) is 1. The van der Waals surface area contributed by atoms with Gasteiger partial charge in [-0.3, -0.25) is 14.4 Å². The Labute approximate surface area is 257 Å². The van der Waals surface area contributed by atoms with Gasteiger partial charge in [0.15, 0.2) is 0 Å². The number of aryl methyl sites for hydroxylation is 1. The molecule has 0 saturated heterocycles. The summed E-state index contributed by atoms with van der Waals surface area (Å²) in [6.07, 6.45) is 0.785. The fourth-order valence-electron chi connectivity index (χ4n) is 5.52. The lowest BCUT2D eigenvalue weighted by molar-refractivity contribution is -0.116. The molecule has 45 heavy (non-hydrogen) atoms. The fraction of sp³-hybridized carbons (Fsp3) is 0.0833. The first-order valence-electron chi connectivity index (χ1n) is 14.3. The lowest BCUT2D eigenvalue weighted by Crippen LogP contribution is -2.13. The minimum absolute atomic E-state index is 0.160. The van der Waals surface area contributed by atoms with Gasteiger partial charge in [0.05, 0.1) is 11.1 Å². The van der Waals surface area contributed by atoms with Crippen LogP contribution in [0.25, 0.3) is 32.9 Å². The van der Waals surface area contributed by atoms with Crippen molar-refractivity contribution in [3.05, 3.63) is 125 Å². The number of hydrogen-bond acceptors (Lipinski definition) is 4. The van der Waals surface area contributed by atoms with Crippen LogP contribution in [0.5, 0.6) is 5.75 Å². The number of rotatable bonds is 8. The number of aromatic amines is 1. The molecule has 0 aliphatic heterocycles. The van der Waals surface area contributed by atoms with Crippen molar-refractivity contribution in [1.29, 1.82) is 0 Å². The van der Waals surface area contributed by atoms with E-state index in [-0.39, 0.29) is 24.0 Å². The van der Waals surface area contributed by atoms with Gasteiger partial charge in [0.1, 0.15) is 11.6 Å². The maximum absolute atomic E-state index is 13.4. The molecule has 9 heteroatoms. The summed E-state index contributed by atoms with van der Waals surface area (Å²) in [5.41, 5.74) is 12.2. The second-order valence-electron chi connectivity index (χ2n) is 10.8. The van der Waals surface area contributed by atoms with Crippen LogP contribution in [0.3, 0.4) is 0 Å². The number of phenolic OH excluding ortho intramolecular Hbond substituents is 1. The first-order valence-corrected chi connectivity index (χ1v) is 14.3. The molecule has 0 saturated carbocycles. The van der Waals surface area contributed by atoms with Crippen LogP contribution in [0, 0.1) is 12.7 Å². The van der Waals surface area contributed by atoms with Crippen molar-refractivity contribution in [3.63, 3.8) is 0 Å². The smallest absolute Gasteiger partial charge is 0.255 e.